The third kappa shape index (κ3) is 6.52. The number of aliphatic carboxylic acids is 1. The molecule has 1 aliphatic rings. The fourth-order valence-corrected chi connectivity index (χ4v) is 2.43. The van der Waals surface area contributed by atoms with E-state index in [0.29, 0.717) is 24.6 Å². The van der Waals surface area contributed by atoms with Crippen LogP contribution >= 0.6 is 0 Å². The number of nitrogens with zero attached hydrogens (tertiary/aromatic N) is 1. The van der Waals surface area contributed by atoms with E-state index in [-0.39, 0.29) is 18.8 Å². The first kappa shape index (κ1) is 18.9. The van der Waals surface area contributed by atoms with Gasteiger partial charge >= 0.3 is 12.1 Å². The summed E-state index contributed by atoms with van der Waals surface area (Å²) in [5.74, 6) is 0.157. The van der Waals surface area contributed by atoms with Crippen molar-refractivity contribution in [2.24, 2.45) is 0 Å². The molecule has 7 heteroatoms. The van der Waals surface area contributed by atoms with Crippen molar-refractivity contribution in [1.29, 1.82) is 0 Å². The standard InChI is InChI=1S/C18H25NO6/c1-18(2,3)25-17(22)19-10-8-15(9-11-19)24-14-6-4-13(5-7-14)23-12-16(20)21/h4-7,15H,8-12H2,1-3H3,(H,20,21). The van der Waals surface area contributed by atoms with E-state index >= 15 is 0 Å². The highest BCUT2D eigenvalue weighted by molar-refractivity contribution is 5.68. The van der Waals surface area contributed by atoms with Gasteiger partial charge in [0.15, 0.2) is 6.61 Å². The molecule has 1 aromatic carbocycles. The highest BCUT2D eigenvalue weighted by Gasteiger charge is 2.27. The van der Waals surface area contributed by atoms with Gasteiger partial charge in [0.05, 0.1) is 0 Å². The highest BCUT2D eigenvalue weighted by atomic mass is 16.6. The van der Waals surface area contributed by atoms with Crippen molar-refractivity contribution in [3.8, 4) is 11.5 Å². The molecule has 2 rings (SSSR count). The topological polar surface area (TPSA) is 85.3 Å². The number of piperidine rings is 1. The first-order valence-electron chi connectivity index (χ1n) is 8.32. The second-order valence-corrected chi connectivity index (χ2v) is 6.94. The number of carboxylic acids is 1. The molecule has 1 aromatic rings. The summed E-state index contributed by atoms with van der Waals surface area (Å²) in [6, 6.07) is 6.84. The molecule has 1 aliphatic heterocycles. The summed E-state index contributed by atoms with van der Waals surface area (Å²) in [6.45, 7) is 6.38. The molecule has 0 radical (unpaired) electrons. The van der Waals surface area contributed by atoms with E-state index in [9.17, 15) is 9.59 Å². The molecule has 1 N–H and O–H groups in total. The van der Waals surface area contributed by atoms with Gasteiger partial charge in [-0.15, -0.1) is 0 Å². The summed E-state index contributed by atoms with van der Waals surface area (Å²) in [6.07, 6.45) is 1.21. The van der Waals surface area contributed by atoms with Gasteiger partial charge in [-0.05, 0) is 45.0 Å². The Bertz CT molecular complexity index is 585. The van der Waals surface area contributed by atoms with Crippen LogP contribution in [0.4, 0.5) is 4.79 Å². The fraction of sp³-hybridized carbons (Fsp3) is 0.556. The highest BCUT2D eigenvalue weighted by Crippen LogP contribution is 2.23. The van der Waals surface area contributed by atoms with Gasteiger partial charge in [-0.1, -0.05) is 0 Å². The van der Waals surface area contributed by atoms with Crippen molar-refractivity contribution in [2.75, 3.05) is 19.7 Å². The molecule has 0 aromatic heterocycles. The van der Waals surface area contributed by atoms with E-state index in [2.05, 4.69) is 0 Å². The Balaban J connectivity index is 1.78. The number of benzene rings is 1. The number of rotatable bonds is 5. The molecule has 1 fully saturated rings. The van der Waals surface area contributed by atoms with Gasteiger partial charge in [0.25, 0.3) is 0 Å². The van der Waals surface area contributed by atoms with Gasteiger partial charge in [-0.3, -0.25) is 0 Å². The molecule has 1 amide bonds. The molecule has 138 valence electrons. The van der Waals surface area contributed by atoms with E-state index in [1.807, 2.05) is 20.8 Å². The zero-order valence-corrected chi connectivity index (χ0v) is 14.9. The van der Waals surface area contributed by atoms with Crippen LogP contribution in [0.2, 0.25) is 0 Å². The third-order valence-corrected chi connectivity index (χ3v) is 3.58. The number of carbonyl (C=O) groups excluding carboxylic acids is 1. The van der Waals surface area contributed by atoms with Crippen molar-refractivity contribution in [3.63, 3.8) is 0 Å². The lowest BCUT2D eigenvalue weighted by Crippen LogP contribution is -2.44. The maximum absolute atomic E-state index is 12.0. The minimum atomic E-state index is -1.02. The van der Waals surface area contributed by atoms with Crippen LogP contribution in [0.3, 0.4) is 0 Å². The summed E-state index contributed by atoms with van der Waals surface area (Å²) in [7, 11) is 0. The molecule has 0 spiro atoms. The average molecular weight is 351 g/mol. The Kier molecular flexibility index (Phi) is 6.12. The maximum atomic E-state index is 12.0. The molecule has 25 heavy (non-hydrogen) atoms. The van der Waals surface area contributed by atoms with Gasteiger partial charge in [0.1, 0.15) is 23.2 Å². The van der Waals surface area contributed by atoms with E-state index in [1.54, 1.807) is 29.2 Å². The minimum Gasteiger partial charge on any atom is -0.490 e. The molecular formula is C18H25NO6. The van der Waals surface area contributed by atoms with Crippen LogP contribution in [-0.4, -0.2) is 53.5 Å². The Hall–Kier alpha value is -2.44. The van der Waals surface area contributed by atoms with Crippen molar-refractivity contribution in [2.45, 2.75) is 45.3 Å². The van der Waals surface area contributed by atoms with Crippen LogP contribution in [0, 0.1) is 0 Å². The summed E-state index contributed by atoms with van der Waals surface area (Å²) < 4.78 is 16.4. The smallest absolute Gasteiger partial charge is 0.410 e. The summed E-state index contributed by atoms with van der Waals surface area (Å²) in [5.41, 5.74) is -0.491. The second kappa shape index (κ2) is 8.09. The van der Waals surface area contributed by atoms with Crippen LogP contribution in [0.15, 0.2) is 24.3 Å². The maximum Gasteiger partial charge on any atom is 0.410 e. The molecule has 1 saturated heterocycles. The van der Waals surface area contributed by atoms with Crippen molar-refractivity contribution in [3.05, 3.63) is 24.3 Å². The number of hydrogen-bond acceptors (Lipinski definition) is 5. The van der Waals surface area contributed by atoms with Crippen molar-refractivity contribution < 1.29 is 28.9 Å². The molecule has 0 saturated carbocycles. The average Bonchev–Trinajstić information content (AvgIpc) is 2.53. The Morgan fingerprint density at radius 3 is 2.20 bits per heavy atom. The number of carboxylic acid groups (broad SMARTS) is 1. The van der Waals surface area contributed by atoms with E-state index in [0.717, 1.165) is 12.8 Å². The molecule has 0 atom stereocenters. The van der Waals surface area contributed by atoms with Crippen LogP contribution in [0.25, 0.3) is 0 Å². The molecule has 0 bridgehead atoms. The van der Waals surface area contributed by atoms with Crippen molar-refractivity contribution >= 4 is 12.1 Å². The van der Waals surface area contributed by atoms with Gasteiger partial charge in [0.2, 0.25) is 0 Å². The number of ether oxygens (including phenoxy) is 3. The third-order valence-electron chi connectivity index (χ3n) is 3.58. The Labute approximate surface area is 147 Å². The molecule has 0 unspecified atom stereocenters. The van der Waals surface area contributed by atoms with Gasteiger partial charge in [0, 0.05) is 25.9 Å². The zero-order chi connectivity index (χ0) is 18.4. The number of likely N-dealkylation sites (tertiary alicyclic amines) is 1. The second-order valence-electron chi connectivity index (χ2n) is 6.94. The van der Waals surface area contributed by atoms with Crippen LogP contribution < -0.4 is 9.47 Å². The number of hydrogen-bond donors (Lipinski definition) is 1. The first-order chi connectivity index (χ1) is 11.7. The normalized spacial score (nSPS) is 15.6. The molecular weight excluding hydrogens is 326 g/mol. The van der Waals surface area contributed by atoms with Gasteiger partial charge in [-0.25, -0.2) is 9.59 Å². The fourth-order valence-electron chi connectivity index (χ4n) is 2.43. The van der Waals surface area contributed by atoms with E-state index in [4.69, 9.17) is 19.3 Å². The molecule has 0 aliphatic carbocycles. The number of carbonyl (C=O) groups is 2. The summed E-state index contributed by atoms with van der Waals surface area (Å²) in [4.78, 5) is 24.2. The van der Waals surface area contributed by atoms with Gasteiger partial charge < -0.3 is 24.2 Å². The lowest BCUT2D eigenvalue weighted by Gasteiger charge is -2.33. The lowest BCUT2D eigenvalue weighted by atomic mass is 10.1. The number of amides is 1. The van der Waals surface area contributed by atoms with Crippen LogP contribution in [0.1, 0.15) is 33.6 Å². The van der Waals surface area contributed by atoms with Gasteiger partial charge in [-0.2, -0.15) is 0 Å². The first-order valence-corrected chi connectivity index (χ1v) is 8.32. The molecule has 1 heterocycles. The predicted octanol–water partition coefficient (Wildman–Crippen LogP) is 2.93. The largest absolute Gasteiger partial charge is 0.490 e. The Morgan fingerprint density at radius 1 is 1.12 bits per heavy atom. The van der Waals surface area contributed by atoms with Crippen molar-refractivity contribution in [1.82, 2.24) is 4.90 Å². The van der Waals surface area contributed by atoms with E-state index in [1.165, 1.54) is 0 Å². The lowest BCUT2D eigenvalue weighted by molar-refractivity contribution is -0.139. The van der Waals surface area contributed by atoms with Crippen LogP contribution in [0.5, 0.6) is 11.5 Å². The predicted molar refractivity (Wildman–Crippen MR) is 91.0 cm³/mol. The zero-order valence-electron chi connectivity index (χ0n) is 14.9. The minimum absolute atomic E-state index is 0.0319. The Morgan fingerprint density at radius 2 is 1.68 bits per heavy atom. The summed E-state index contributed by atoms with van der Waals surface area (Å²) in [5, 5.41) is 8.58. The SMILES string of the molecule is CC(C)(C)OC(=O)N1CCC(Oc2ccc(OCC(=O)O)cc2)CC1. The monoisotopic (exact) mass is 351 g/mol. The summed E-state index contributed by atoms with van der Waals surface area (Å²) >= 11 is 0. The molecule has 7 nitrogen and oxygen atoms in total. The van der Waals surface area contributed by atoms with Crippen LogP contribution in [-0.2, 0) is 9.53 Å². The quantitative estimate of drug-likeness (QED) is 0.878. The van der Waals surface area contributed by atoms with E-state index < -0.39 is 11.6 Å².